The highest BCUT2D eigenvalue weighted by molar-refractivity contribution is 9.11. The van der Waals surface area contributed by atoms with E-state index in [0.29, 0.717) is 36.0 Å². The Morgan fingerprint density at radius 3 is 2.58 bits per heavy atom. The number of aliphatic imine (C=N–C) groups is 1. The van der Waals surface area contributed by atoms with Crippen LogP contribution in [-0.4, -0.2) is 34.1 Å². The Hall–Kier alpha value is -3.39. The molecule has 0 bridgehead atoms. The summed E-state index contributed by atoms with van der Waals surface area (Å²) in [4.78, 5) is 30.4. The van der Waals surface area contributed by atoms with Gasteiger partial charge in [0.15, 0.2) is 5.17 Å². The van der Waals surface area contributed by atoms with Gasteiger partial charge in [0.2, 0.25) is 0 Å². The number of nitrogens with zero attached hydrogens (tertiary/aromatic N) is 3. The van der Waals surface area contributed by atoms with Crippen molar-refractivity contribution < 1.29 is 19.4 Å². The number of rotatable bonds is 6. The number of carboxylic acids is 1. The van der Waals surface area contributed by atoms with Gasteiger partial charge in [-0.15, -0.1) is 0 Å². The number of ether oxygens (including phenoxy) is 1. The van der Waals surface area contributed by atoms with Crippen LogP contribution in [0.3, 0.4) is 0 Å². The van der Waals surface area contributed by atoms with Gasteiger partial charge >= 0.3 is 5.97 Å². The number of hydrogen-bond acceptors (Lipinski definition) is 6. The van der Waals surface area contributed by atoms with Crippen LogP contribution in [0.25, 0.3) is 6.08 Å². The van der Waals surface area contributed by atoms with Crippen LogP contribution in [-0.2, 0) is 11.4 Å². The van der Waals surface area contributed by atoms with Crippen molar-refractivity contribution in [3.05, 3.63) is 96.8 Å². The molecule has 0 radical (unpaired) electrons. The molecule has 0 atom stereocenters. The summed E-state index contributed by atoms with van der Waals surface area (Å²) in [6.45, 7) is 0.226. The smallest absolute Gasteiger partial charge is 0.335 e. The minimum Gasteiger partial charge on any atom is -0.486 e. The fourth-order valence-corrected chi connectivity index (χ4v) is 5.77. The molecule has 0 aliphatic carbocycles. The molecule has 1 N–H and O–H groups in total. The van der Waals surface area contributed by atoms with Crippen LogP contribution < -0.4 is 4.74 Å². The second-order valence-electron chi connectivity index (χ2n) is 7.60. The molecular formula is C26H17Br2N3O4S. The molecule has 4 rings (SSSR count). The first-order chi connectivity index (χ1) is 17.3. The minimum atomic E-state index is -1.04. The Morgan fingerprint density at radius 1 is 1.17 bits per heavy atom. The van der Waals surface area contributed by atoms with Gasteiger partial charge in [0.1, 0.15) is 12.4 Å². The van der Waals surface area contributed by atoms with E-state index in [0.717, 1.165) is 11.1 Å². The number of amidine groups is 1. The number of carbonyl (C=O) groups is 2. The Bertz CT molecular complexity index is 1460. The van der Waals surface area contributed by atoms with Gasteiger partial charge in [-0.2, -0.15) is 5.26 Å². The fraction of sp³-hybridized carbons (Fsp3) is 0.0769. The van der Waals surface area contributed by atoms with Crippen LogP contribution in [0, 0.1) is 11.3 Å². The number of aromatic carboxylic acids is 1. The monoisotopic (exact) mass is 625 g/mol. The quantitative estimate of drug-likeness (QED) is 0.310. The topological polar surface area (TPSA) is 103 Å². The SMILES string of the molecule is CN1C(=O)C(=Cc2cc(Br)c(OCc3ccccc3C#N)c(Br)c2)SC1=Nc1cccc(C(=O)O)c1. The summed E-state index contributed by atoms with van der Waals surface area (Å²) >= 11 is 8.28. The summed E-state index contributed by atoms with van der Waals surface area (Å²) in [5.74, 6) is -0.680. The largest absolute Gasteiger partial charge is 0.486 e. The molecule has 10 heteroatoms. The number of thioether (sulfide) groups is 1. The first-order valence-electron chi connectivity index (χ1n) is 10.5. The van der Waals surface area contributed by atoms with Crippen LogP contribution in [0.15, 0.2) is 79.5 Å². The van der Waals surface area contributed by atoms with Crippen LogP contribution in [0.1, 0.15) is 27.0 Å². The third-order valence-electron chi connectivity index (χ3n) is 5.15. The zero-order valence-corrected chi connectivity index (χ0v) is 22.7. The second kappa shape index (κ2) is 11.1. The molecule has 1 fully saturated rings. The van der Waals surface area contributed by atoms with Gasteiger partial charge in [-0.3, -0.25) is 9.69 Å². The summed E-state index contributed by atoms with van der Waals surface area (Å²) in [5, 5.41) is 18.9. The summed E-state index contributed by atoms with van der Waals surface area (Å²) in [5.41, 5.74) is 2.67. The number of hydrogen-bond donors (Lipinski definition) is 1. The molecule has 1 amide bonds. The lowest BCUT2D eigenvalue weighted by Gasteiger charge is -2.12. The number of likely N-dealkylation sites (N-methyl/N-ethyl adjacent to an activating group) is 1. The average Bonchev–Trinajstić information content (AvgIpc) is 3.11. The molecule has 1 aliphatic rings. The Balaban J connectivity index is 1.55. The van der Waals surface area contributed by atoms with Crippen molar-refractivity contribution in [3.63, 3.8) is 0 Å². The molecule has 1 saturated heterocycles. The molecule has 3 aromatic carbocycles. The van der Waals surface area contributed by atoms with E-state index in [4.69, 9.17) is 4.74 Å². The molecule has 0 aromatic heterocycles. The number of halogens is 2. The highest BCUT2D eigenvalue weighted by atomic mass is 79.9. The Morgan fingerprint density at radius 2 is 1.89 bits per heavy atom. The molecule has 0 unspecified atom stereocenters. The number of benzene rings is 3. The summed E-state index contributed by atoms with van der Waals surface area (Å²) < 4.78 is 7.33. The number of amides is 1. The molecule has 1 aliphatic heterocycles. The van der Waals surface area contributed by atoms with Crippen LogP contribution in [0.2, 0.25) is 0 Å². The molecule has 1 heterocycles. The predicted octanol–water partition coefficient (Wildman–Crippen LogP) is 6.59. The molecule has 0 spiro atoms. The van der Waals surface area contributed by atoms with Gasteiger partial charge in [0.05, 0.1) is 36.7 Å². The minimum absolute atomic E-state index is 0.123. The average molecular weight is 627 g/mol. The molecule has 36 heavy (non-hydrogen) atoms. The van der Waals surface area contributed by atoms with E-state index in [1.54, 1.807) is 37.4 Å². The van der Waals surface area contributed by atoms with E-state index >= 15 is 0 Å². The van der Waals surface area contributed by atoms with Crippen molar-refractivity contribution in [2.75, 3.05) is 7.05 Å². The van der Waals surface area contributed by atoms with Crippen LogP contribution in [0.5, 0.6) is 5.75 Å². The van der Waals surface area contributed by atoms with Crippen molar-refractivity contribution >= 4 is 72.4 Å². The van der Waals surface area contributed by atoms with Crippen LogP contribution >= 0.6 is 43.6 Å². The first-order valence-corrected chi connectivity index (χ1v) is 12.9. The van der Waals surface area contributed by atoms with E-state index in [-0.39, 0.29) is 18.1 Å². The summed E-state index contributed by atoms with van der Waals surface area (Å²) in [7, 11) is 1.62. The third-order valence-corrected chi connectivity index (χ3v) is 7.39. The van der Waals surface area contributed by atoms with Crippen molar-refractivity contribution in [2.24, 2.45) is 4.99 Å². The molecule has 7 nitrogen and oxygen atoms in total. The van der Waals surface area contributed by atoms with Crippen LogP contribution in [0.4, 0.5) is 5.69 Å². The van der Waals surface area contributed by atoms with Gasteiger partial charge in [-0.25, -0.2) is 9.79 Å². The number of nitriles is 1. The van der Waals surface area contributed by atoms with E-state index in [1.165, 1.54) is 28.8 Å². The van der Waals surface area contributed by atoms with E-state index in [9.17, 15) is 20.0 Å². The molecule has 3 aromatic rings. The Kier molecular flexibility index (Phi) is 7.94. The highest BCUT2D eigenvalue weighted by Gasteiger charge is 2.30. The highest BCUT2D eigenvalue weighted by Crippen LogP contribution is 2.38. The maximum Gasteiger partial charge on any atom is 0.335 e. The van der Waals surface area contributed by atoms with Gasteiger partial charge < -0.3 is 9.84 Å². The van der Waals surface area contributed by atoms with Crippen molar-refractivity contribution in [1.82, 2.24) is 4.90 Å². The van der Waals surface area contributed by atoms with E-state index < -0.39 is 5.97 Å². The lowest BCUT2D eigenvalue weighted by atomic mass is 10.1. The van der Waals surface area contributed by atoms with Gasteiger partial charge in [-0.1, -0.05) is 24.3 Å². The first kappa shape index (κ1) is 25.7. The number of carbonyl (C=O) groups excluding carboxylic acids is 1. The summed E-state index contributed by atoms with van der Waals surface area (Å²) in [6, 6.07) is 19.3. The van der Waals surface area contributed by atoms with Gasteiger partial charge in [-0.05, 0) is 91.7 Å². The maximum atomic E-state index is 12.8. The third kappa shape index (κ3) is 5.70. The fourth-order valence-electron chi connectivity index (χ4n) is 3.33. The van der Waals surface area contributed by atoms with Crippen molar-refractivity contribution in [2.45, 2.75) is 6.61 Å². The van der Waals surface area contributed by atoms with Gasteiger partial charge in [0, 0.05) is 12.6 Å². The van der Waals surface area contributed by atoms with E-state index in [2.05, 4.69) is 42.9 Å². The van der Waals surface area contributed by atoms with Gasteiger partial charge in [0.25, 0.3) is 5.91 Å². The lowest BCUT2D eigenvalue weighted by molar-refractivity contribution is -0.121. The normalized spacial score (nSPS) is 15.4. The number of carboxylic acid groups (broad SMARTS) is 1. The second-order valence-corrected chi connectivity index (χ2v) is 10.3. The lowest BCUT2D eigenvalue weighted by Crippen LogP contribution is -2.23. The Labute approximate surface area is 228 Å². The van der Waals surface area contributed by atoms with Crippen molar-refractivity contribution in [1.29, 1.82) is 5.26 Å². The summed E-state index contributed by atoms with van der Waals surface area (Å²) in [6.07, 6.45) is 1.75. The molecule has 180 valence electrons. The zero-order valence-electron chi connectivity index (χ0n) is 18.7. The standard InChI is InChI=1S/C26H17Br2N3O4S/c1-31-24(32)22(36-26(31)30-19-8-4-7-16(12-19)25(33)34)11-15-9-20(27)23(21(28)10-15)35-14-18-6-3-2-5-17(18)13-29/h2-12H,14H2,1H3,(H,33,34). The predicted molar refractivity (Wildman–Crippen MR) is 146 cm³/mol. The van der Waals surface area contributed by atoms with Crippen molar-refractivity contribution in [3.8, 4) is 11.8 Å². The maximum absolute atomic E-state index is 12.8. The zero-order chi connectivity index (χ0) is 25.8. The molecular weight excluding hydrogens is 610 g/mol. The molecule has 0 saturated carbocycles. The van der Waals surface area contributed by atoms with E-state index in [1.807, 2.05) is 24.3 Å².